The van der Waals surface area contributed by atoms with E-state index in [4.69, 9.17) is 10.9 Å². The molecule has 1 saturated carbocycles. The lowest BCUT2D eigenvalue weighted by molar-refractivity contribution is 0.229. The number of piperidine rings is 1. The molecule has 2 aliphatic rings. The first kappa shape index (κ1) is 13.6. The normalized spacial score (nSPS) is 26.2. The number of sulfonamides is 1. The standard InChI is InChI=1S/C11H21N3O3S/c1-11(10(12)13-15)4-6-14(7-5-11)18(16,17)8-9-2-3-9/h9,15H,2-8H2,1H3,(H2,12,13). The van der Waals surface area contributed by atoms with E-state index in [0.717, 1.165) is 12.8 Å². The van der Waals surface area contributed by atoms with Gasteiger partial charge in [0, 0.05) is 18.5 Å². The van der Waals surface area contributed by atoms with Crippen LogP contribution >= 0.6 is 0 Å². The maximum atomic E-state index is 12.1. The third kappa shape index (κ3) is 2.77. The van der Waals surface area contributed by atoms with Crippen molar-refractivity contribution in [2.24, 2.45) is 22.2 Å². The second-order valence-corrected chi connectivity index (χ2v) is 7.68. The SMILES string of the molecule is CC1(C(N)=NO)CCN(S(=O)(=O)CC2CC2)CC1. The fraction of sp³-hybridized carbons (Fsp3) is 0.909. The first-order chi connectivity index (χ1) is 8.37. The molecule has 2 rings (SSSR count). The summed E-state index contributed by atoms with van der Waals surface area (Å²) in [4.78, 5) is 0. The molecule has 0 spiro atoms. The van der Waals surface area contributed by atoms with E-state index in [1.54, 1.807) is 4.31 Å². The van der Waals surface area contributed by atoms with Gasteiger partial charge in [0.15, 0.2) is 0 Å². The highest BCUT2D eigenvalue weighted by Gasteiger charge is 2.39. The van der Waals surface area contributed by atoms with Gasteiger partial charge in [-0.1, -0.05) is 12.1 Å². The Labute approximate surface area is 108 Å². The maximum absolute atomic E-state index is 12.1. The Hall–Kier alpha value is -0.820. The molecule has 0 bridgehead atoms. The number of hydrogen-bond acceptors (Lipinski definition) is 4. The van der Waals surface area contributed by atoms with Crippen molar-refractivity contribution >= 4 is 15.9 Å². The summed E-state index contributed by atoms with van der Waals surface area (Å²) < 4.78 is 25.8. The second kappa shape index (κ2) is 4.70. The predicted molar refractivity (Wildman–Crippen MR) is 68.8 cm³/mol. The van der Waals surface area contributed by atoms with Gasteiger partial charge in [0.25, 0.3) is 0 Å². The maximum Gasteiger partial charge on any atom is 0.214 e. The molecule has 0 amide bonds. The van der Waals surface area contributed by atoms with Gasteiger partial charge in [-0.25, -0.2) is 12.7 Å². The van der Waals surface area contributed by atoms with Crippen LogP contribution in [0.5, 0.6) is 0 Å². The molecule has 1 aliphatic carbocycles. The second-order valence-electron chi connectivity index (χ2n) is 5.67. The number of hydrogen-bond donors (Lipinski definition) is 2. The van der Waals surface area contributed by atoms with E-state index in [1.165, 1.54) is 0 Å². The summed E-state index contributed by atoms with van der Waals surface area (Å²) >= 11 is 0. The summed E-state index contributed by atoms with van der Waals surface area (Å²) in [5.41, 5.74) is 5.27. The fourth-order valence-corrected chi connectivity index (χ4v) is 4.20. The Bertz CT molecular complexity index is 434. The van der Waals surface area contributed by atoms with Crippen molar-refractivity contribution < 1.29 is 13.6 Å². The molecule has 0 aromatic carbocycles. The van der Waals surface area contributed by atoms with Gasteiger partial charge in [-0.05, 0) is 31.6 Å². The molecule has 1 aliphatic heterocycles. The van der Waals surface area contributed by atoms with Crippen LogP contribution in [0.15, 0.2) is 5.16 Å². The molecule has 7 heteroatoms. The van der Waals surface area contributed by atoms with Crippen LogP contribution in [-0.2, 0) is 10.0 Å². The summed E-state index contributed by atoms with van der Waals surface area (Å²) in [7, 11) is -3.11. The van der Waals surface area contributed by atoms with Gasteiger partial charge >= 0.3 is 0 Å². The third-order valence-electron chi connectivity index (χ3n) is 4.09. The minimum atomic E-state index is -3.11. The Balaban J connectivity index is 1.97. The van der Waals surface area contributed by atoms with E-state index in [0.29, 0.717) is 31.8 Å². The van der Waals surface area contributed by atoms with Crippen molar-refractivity contribution in [1.82, 2.24) is 4.31 Å². The van der Waals surface area contributed by atoms with Crippen molar-refractivity contribution in [1.29, 1.82) is 0 Å². The van der Waals surface area contributed by atoms with Crippen LogP contribution in [0, 0.1) is 11.3 Å². The van der Waals surface area contributed by atoms with Crippen LogP contribution in [0.3, 0.4) is 0 Å². The average Bonchev–Trinajstić information content (AvgIpc) is 3.11. The zero-order chi connectivity index (χ0) is 13.4. The summed E-state index contributed by atoms with van der Waals surface area (Å²) in [6, 6.07) is 0. The molecule has 6 nitrogen and oxygen atoms in total. The molecule has 18 heavy (non-hydrogen) atoms. The van der Waals surface area contributed by atoms with Gasteiger partial charge in [-0.2, -0.15) is 0 Å². The largest absolute Gasteiger partial charge is 0.409 e. The van der Waals surface area contributed by atoms with Crippen molar-refractivity contribution in [3.05, 3.63) is 0 Å². The molecule has 1 heterocycles. The van der Waals surface area contributed by atoms with E-state index in [9.17, 15) is 8.42 Å². The van der Waals surface area contributed by atoms with Crippen molar-refractivity contribution in [3.8, 4) is 0 Å². The van der Waals surface area contributed by atoms with Gasteiger partial charge in [0.2, 0.25) is 10.0 Å². The quantitative estimate of drug-likeness (QED) is 0.339. The van der Waals surface area contributed by atoms with E-state index in [2.05, 4.69) is 5.16 Å². The van der Waals surface area contributed by atoms with Gasteiger partial charge < -0.3 is 10.9 Å². The third-order valence-corrected chi connectivity index (χ3v) is 6.13. The van der Waals surface area contributed by atoms with Crippen molar-refractivity contribution in [2.45, 2.75) is 32.6 Å². The number of rotatable bonds is 4. The van der Waals surface area contributed by atoms with Crippen LogP contribution in [0.25, 0.3) is 0 Å². The Morgan fingerprint density at radius 3 is 2.44 bits per heavy atom. The van der Waals surface area contributed by atoms with Crippen molar-refractivity contribution in [3.63, 3.8) is 0 Å². The molecule has 0 atom stereocenters. The molecule has 0 aromatic heterocycles. The Kier molecular flexibility index (Phi) is 3.55. The van der Waals surface area contributed by atoms with Crippen LogP contribution in [0.1, 0.15) is 32.6 Å². The van der Waals surface area contributed by atoms with E-state index >= 15 is 0 Å². The lowest BCUT2D eigenvalue weighted by Gasteiger charge is -2.37. The Morgan fingerprint density at radius 1 is 1.44 bits per heavy atom. The Morgan fingerprint density at radius 2 is 2.00 bits per heavy atom. The lowest BCUT2D eigenvalue weighted by atomic mass is 9.80. The monoisotopic (exact) mass is 275 g/mol. The molecule has 0 aromatic rings. The first-order valence-electron chi connectivity index (χ1n) is 6.33. The van der Waals surface area contributed by atoms with Crippen LogP contribution in [0.2, 0.25) is 0 Å². The number of amidine groups is 1. The topological polar surface area (TPSA) is 96.0 Å². The summed E-state index contributed by atoms with van der Waals surface area (Å²) in [5, 5.41) is 11.8. The minimum absolute atomic E-state index is 0.196. The number of oxime groups is 1. The van der Waals surface area contributed by atoms with E-state index < -0.39 is 10.0 Å². The summed E-state index contributed by atoms with van der Waals surface area (Å²) in [6.45, 7) is 2.83. The predicted octanol–water partition coefficient (Wildman–Crippen LogP) is 0.575. The summed E-state index contributed by atoms with van der Waals surface area (Å²) in [6.07, 6.45) is 3.28. The van der Waals surface area contributed by atoms with E-state index in [1.807, 2.05) is 6.92 Å². The van der Waals surface area contributed by atoms with Gasteiger partial charge in [0.1, 0.15) is 5.84 Å². The highest BCUT2D eigenvalue weighted by Crippen LogP contribution is 2.35. The van der Waals surface area contributed by atoms with Crippen LogP contribution < -0.4 is 5.73 Å². The minimum Gasteiger partial charge on any atom is -0.409 e. The summed E-state index contributed by atoms with van der Waals surface area (Å²) in [5.74, 6) is 0.849. The molecular formula is C11H21N3O3S. The van der Waals surface area contributed by atoms with E-state index in [-0.39, 0.29) is 17.0 Å². The molecule has 0 unspecified atom stereocenters. The van der Waals surface area contributed by atoms with Crippen molar-refractivity contribution in [2.75, 3.05) is 18.8 Å². The lowest BCUT2D eigenvalue weighted by Crippen LogP contribution is -2.48. The molecular weight excluding hydrogens is 254 g/mol. The molecule has 2 fully saturated rings. The molecule has 0 radical (unpaired) electrons. The average molecular weight is 275 g/mol. The highest BCUT2D eigenvalue weighted by molar-refractivity contribution is 7.89. The zero-order valence-corrected chi connectivity index (χ0v) is 11.5. The zero-order valence-electron chi connectivity index (χ0n) is 10.7. The highest BCUT2D eigenvalue weighted by atomic mass is 32.2. The van der Waals surface area contributed by atoms with Gasteiger partial charge in [-0.15, -0.1) is 0 Å². The molecule has 3 N–H and O–H groups in total. The number of nitrogens with zero attached hydrogens (tertiary/aromatic N) is 2. The van der Waals surface area contributed by atoms with Crippen LogP contribution in [0.4, 0.5) is 0 Å². The van der Waals surface area contributed by atoms with Gasteiger partial charge in [0.05, 0.1) is 5.75 Å². The van der Waals surface area contributed by atoms with Crippen LogP contribution in [-0.4, -0.2) is 42.6 Å². The molecule has 104 valence electrons. The molecule has 1 saturated heterocycles. The fourth-order valence-electron chi connectivity index (χ4n) is 2.32. The van der Waals surface area contributed by atoms with Gasteiger partial charge in [-0.3, -0.25) is 0 Å². The number of nitrogens with two attached hydrogens (primary N) is 1. The first-order valence-corrected chi connectivity index (χ1v) is 7.94. The smallest absolute Gasteiger partial charge is 0.214 e.